The smallest absolute Gasteiger partial charge is 0.138 e. The van der Waals surface area contributed by atoms with Gasteiger partial charge in [0.2, 0.25) is 0 Å². The van der Waals surface area contributed by atoms with Crippen molar-refractivity contribution in [3.63, 3.8) is 0 Å². The maximum Gasteiger partial charge on any atom is 0.138 e. The first-order chi connectivity index (χ1) is 9.60. The molecule has 0 fully saturated rings. The van der Waals surface area contributed by atoms with Gasteiger partial charge in [-0.25, -0.2) is 4.39 Å². The van der Waals surface area contributed by atoms with Crippen LogP contribution >= 0.6 is 11.6 Å². The SMILES string of the molecule is Cc1ccc(F)cc1COc1ccc(CCN)cc1Cl. The summed E-state index contributed by atoms with van der Waals surface area (Å²) in [6.45, 7) is 2.79. The van der Waals surface area contributed by atoms with Gasteiger partial charge < -0.3 is 10.5 Å². The summed E-state index contributed by atoms with van der Waals surface area (Å²) in [5.74, 6) is 0.328. The van der Waals surface area contributed by atoms with E-state index in [1.54, 1.807) is 6.07 Å². The summed E-state index contributed by atoms with van der Waals surface area (Å²) < 4.78 is 18.9. The van der Waals surface area contributed by atoms with Gasteiger partial charge in [0.05, 0.1) is 5.02 Å². The van der Waals surface area contributed by atoms with Gasteiger partial charge in [-0.1, -0.05) is 23.7 Å². The number of hydrogen-bond donors (Lipinski definition) is 1. The third kappa shape index (κ3) is 3.71. The molecule has 0 bridgehead atoms. The first-order valence-electron chi connectivity index (χ1n) is 6.46. The summed E-state index contributed by atoms with van der Waals surface area (Å²) in [6, 6.07) is 10.3. The van der Waals surface area contributed by atoms with E-state index in [1.165, 1.54) is 12.1 Å². The van der Waals surface area contributed by atoms with E-state index >= 15 is 0 Å². The van der Waals surface area contributed by atoms with Crippen LogP contribution in [0.5, 0.6) is 5.75 Å². The summed E-state index contributed by atoms with van der Waals surface area (Å²) in [4.78, 5) is 0. The highest BCUT2D eigenvalue weighted by atomic mass is 35.5. The first kappa shape index (κ1) is 14.8. The van der Waals surface area contributed by atoms with Gasteiger partial charge >= 0.3 is 0 Å². The third-order valence-electron chi connectivity index (χ3n) is 3.12. The highest BCUT2D eigenvalue weighted by Crippen LogP contribution is 2.26. The van der Waals surface area contributed by atoms with E-state index in [2.05, 4.69) is 0 Å². The molecule has 2 aromatic carbocycles. The molecule has 4 heteroatoms. The lowest BCUT2D eigenvalue weighted by atomic mass is 10.1. The second-order valence-corrected chi connectivity index (χ2v) is 5.07. The Morgan fingerprint density at radius 1 is 1.20 bits per heavy atom. The molecule has 0 heterocycles. The van der Waals surface area contributed by atoms with Crippen LogP contribution in [0, 0.1) is 12.7 Å². The Bertz CT molecular complexity index is 601. The monoisotopic (exact) mass is 293 g/mol. The predicted octanol–water partition coefficient (Wildman–Crippen LogP) is 3.87. The highest BCUT2D eigenvalue weighted by molar-refractivity contribution is 6.32. The number of aryl methyl sites for hydroxylation is 1. The van der Waals surface area contributed by atoms with E-state index in [-0.39, 0.29) is 5.82 Å². The van der Waals surface area contributed by atoms with E-state index in [4.69, 9.17) is 22.1 Å². The minimum atomic E-state index is -0.265. The van der Waals surface area contributed by atoms with Crippen LogP contribution in [0.3, 0.4) is 0 Å². The average Bonchev–Trinajstić information content (AvgIpc) is 2.42. The molecule has 2 nitrogen and oxygen atoms in total. The molecule has 20 heavy (non-hydrogen) atoms. The molecule has 2 N–H and O–H groups in total. The molecule has 0 saturated heterocycles. The fourth-order valence-electron chi connectivity index (χ4n) is 1.93. The number of halogens is 2. The van der Waals surface area contributed by atoms with Gasteiger partial charge in [0, 0.05) is 0 Å². The summed E-state index contributed by atoms with van der Waals surface area (Å²) in [5.41, 5.74) is 8.38. The van der Waals surface area contributed by atoms with Crippen LogP contribution in [0.2, 0.25) is 5.02 Å². The normalized spacial score (nSPS) is 10.6. The molecular formula is C16H17ClFNO. The lowest BCUT2D eigenvalue weighted by Gasteiger charge is -2.11. The Morgan fingerprint density at radius 2 is 2.00 bits per heavy atom. The van der Waals surface area contributed by atoms with Gasteiger partial charge in [0.25, 0.3) is 0 Å². The molecule has 0 saturated carbocycles. The Morgan fingerprint density at radius 3 is 2.70 bits per heavy atom. The molecule has 0 radical (unpaired) electrons. The van der Waals surface area contributed by atoms with E-state index in [1.807, 2.05) is 25.1 Å². The molecule has 0 aliphatic heterocycles. The van der Waals surface area contributed by atoms with Gasteiger partial charge in [-0.05, 0) is 60.8 Å². The Balaban J connectivity index is 2.09. The minimum Gasteiger partial charge on any atom is -0.487 e. The summed E-state index contributed by atoms with van der Waals surface area (Å²) in [7, 11) is 0. The molecule has 0 aromatic heterocycles. The maximum absolute atomic E-state index is 13.2. The second-order valence-electron chi connectivity index (χ2n) is 4.66. The van der Waals surface area contributed by atoms with Crippen LogP contribution < -0.4 is 10.5 Å². The van der Waals surface area contributed by atoms with Crippen molar-refractivity contribution >= 4 is 11.6 Å². The van der Waals surface area contributed by atoms with Gasteiger partial charge in [0.15, 0.2) is 0 Å². The lowest BCUT2D eigenvalue weighted by molar-refractivity contribution is 0.305. The van der Waals surface area contributed by atoms with Crippen LogP contribution in [0.1, 0.15) is 16.7 Å². The zero-order chi connectivity index (χ0) is 14.5. The van der Waals surface area contributed by atoms with Gasteiger partial charge in [-0.2, -0.15) is 0 Å². The summed E-state index contributed by atoms with van der Waals surface area (Å²) >= 11 is 6.16. The van der Waals surface area contributed by atoms with E-state index in [9.17, 15) is 4.39 Å². The van der Waals surface area contributed by atoms with Crippen molar-refractivity contribution in [2.24, 2.45) is 5.73 Å². The van der Waals surface area contributed by atoms with Gasteiger partial charge in [0.1, 0.15) is 18.2 Å². The van der Waals surface area contributed by atoms with Crippen molar-refractivity contribution < 1.29 is 9.13 Å². The van der Waals surface area contributed by atoms with Crippen molar-refractivity contribution in [1.29, 1.82) is 0 Å². The number of rotatable bonds is 5. The summed E-state index contributed by atoms with van der Waals surface area (Å²) in [6.07, 6.45) is 0.781. The highest BCUT2D eigenvalue weighted by Gasteiger charge is 2.06. The maximum atomic E-state index is 13.2. The Labute approximate surface area is 123 Å². The molecular weight excluding hydrogens is 277 g/mol. The Hall–Kier alpha value is -1.58. The lowest BCUT2D eigenvalue weighted by Crippen LogP contribution is -2.03. The standard InChI is InChI=1S/C16H17ClFNO/c1-11-2-4-14(18)9-13(11)10-20-16-5-3-12(6-7-19)8-15(16)17/h2-5,8-9H,6-7,10,19H2,1H3. The van der Waals surface area contributed by atoms with Crippen LogP contribution in [-0.2, 0) is 13.0 Å². The molecule has 0 spiro atoms. The molecule has 0 aliphatic rings. The number of nitrogens with two attached hydrogens (primary N) is 1. The zero-order valence-corrected chi connectivity index (χ0v) is 12.1. The van der Waals surface area contributed by atoms with Crippen molar-refractivity contribution in [2.45, 2.75) is 20.0 Å². The van der Waals surface area contributed by atoms with E-state index in [0.29, 0.717) is 23.9 Å². The molecule has 0 atom stereocenters. The third-order valence-corrected chi connectivity index (χ3v) is 3.42. The number of hydrogen-bond acceptors (Lipinski definition) is 2. The first-order valence-corrected chi connectivity index (χ1v) is 6.84. The number of benzene rings is 2. The molecule has 2 rings (SSSR count). The molecule has 2 aromatic rings. The molecule has 106 valence electrons. The molecule has 0 unspecified atom stereocenters. The molecule has 0 amide bonds. The van der Waals surface area contributed by atoms with E-state index < -0.39 is 0 Å². The molecule has 0 aliphatic carbocycles. The van der Waals surface area contributed by atoms with Crippen molar-refractivity contribution in [3.05, 3.63) is 63.9 Å². The number of ether oxygens (including phenoxy) is 1. The van der Waals surface area contributed by atoms with Crippen molar-refractivity contribution in [1.82, 2.24) is 0 Å². The average molecular weight is 294 g/mol. The van der Waals surface area contributed by atoms with Gasteiger partial charge in [-0.3, -0.25) is 0 Å². The van der Waals surface area contributed by atoms with Gasteiger partial charge in [-0.15, -0.1) is 0 Å². The van der Waals surface area contributed by atoms with Crippen LogP contribution in [0.25, 0.3) is 0 Å². The Kier molecular flexibility index (Phi) is 4.99. The summed E-state index contributed by atoms with van der Waals surface area (Å²) in [5, 5.41) is 0.546. The fraction of sp³-hybridized carbons (Fsp3) is 0.250. The minimum absolute atomic E-state index is 0.265. The van der Waals surface area contributed by atoms with E-state index in [0.717, 1.165) is 23.1 Å². The van der Waals surface area contributed by atoms with Crippen LogP contribution in [0.4, 0.5) is 4.39 Å². The largest absolute Gasteiger partial charge is 0.487 e. The van der Waals surface area contributed by atoms with Crippen LogP contribution in [0.15, 0.2) is 36.4 Å². The predicted molar refractivity (Wildman–Crippen MR) is 79.7 cm³/mol. The topological polar surface area (TPSA) is 35.2 Å². The van der Waals surface area contributed by atoms with Crippen LogP contribution in [-0.4, -0.2) is 6.54 Å². The van der Waals surface area contributed by atoms with Crippen molar-refractivity contribution in [2.75, 3.05) is 6.54 Å². The zero-order valence-electron chi connectivity index (χ0n) is 11.3. The van der Waals surface area contributed by atoms with Crippen molar-refractivity contribution in [3.8, 4) is 5.75 Å². The second kappa shape index (κ2) is 6.73. The fourth-order valence-corrected chi connectivity index (χ4v) is 2.19. The quantitative estimate of drug-likeness (QED) is 0.908.